The molecule has 0 amide bonds. The molecule has 0 fully saturated rings. The Morgan fingerprint density at radius 2 is 2.44 bits per heavy atom. The van der Waals surface area contributed by atoms with Gasteiger partial charge in [0.05, 0.1) is 17.9 Å². The number of imidazole rings is 1. The Morgan fingerprint density at radius 3 is 3.11 bits per heavy atom. The third-order valence-corrected chi connectivity index (χ3v) is 3.28. The molecule has 2 heterocycles. The van der Waals surface area contributed by atoms with Gasteiger partial charge in [-0.15, -0.1) is 0 Å². The van der Waals surface area contributed by atoms with Crippen LogP contribution in [0.4, 0.5) is 4.79 Å². The normalized spacial score (nSPS) is 10.3. The lowest BCUT2D eigenvalue weighted by Gasteiger charge is -2.04. The van der Waals surface area contributed by atoms with Crippen LogP contribution >= 0.6 is 22.9 Å². The van der Waals surface area contributed by atoms with Gasteiger partial charge in [0.1, 0.15) is 6.61 Å². The van der Waals surface area contributed by atoms with Gasteiger partial charge in [0.15, 0.2) is 10.1 Å². The Kier molecular flexibility index (Phi) is 4.06. The summed E-state index contributed by atoms with van der Waals surface area (Å²) < 4.78 is 11.8. The molecule has 6 nitrogen and oxygen atoms in total. The molecule has 0 bridgehead atoms. The van der Waals surface area contributed by atoms with E-state index in [1.54, 1.807) is 12.5 Å². The van der Waals surface area contributed by atoms with Crippen molar-refractivity contribution >= 4 is 29.1 Å². The van der Waals surface area contributed by atoms with Crippen LogP contribution in [0.2, 0.25) is 5.02 Å². The van der Waals surface area contributed by atoms with E-state index in [-0.39, 0.29) is 5.06 Å². The van der Waals surface area contributed by atoms with Gasteiger partial charge in [0, 0.05) is 18.5 Å². The Bertz CT molecular complexity index is 526. The van der Waals surface area contributed by atoms with E-state index < -0.39 is 6.16 Å². The highest BCUT2D eigenvalue weighted by atomic mass is 35.5. The quantitative estimate of drug-likeness (QED) is 0.856. The second kappa shape index (κ2) is 5.74. The minimum absolute atomic E-state index is 0.185. The fourth-order valence-electron chi connectivity index (χ4n) is 1.23. The molecule has 18 heavy (non-hydrogen) atoms. The fourth-order valence-corrected chi connectivity index (χ4v) is 2.33. The number of thiophene rings is 1. The van der Waals surface area contributed by atoms with E-state index in [1.807, 2.05) is 10.8 Å². The zero-order valence-electron chi connectivity index (χ0n) is 9.08. The number of rotatable bonds is 5. The minimum atomic E-state index is -1.38. The Hall–Kier alpha value is -1.73. The molecule has 2 aromatic rings. The van der Waals surface area contributed by atoms with E-state index >= 15 is 0 Å². The summed E-state index contributed by atoms with van der Waals surface area (Å²) in [6.07, 6.45) is 3.80. The van der Waals surface area contributed by atoms with Crippen molar-refractivity contribution in [3.8, 4) is 10.1 Å². The third-order valence-electron chi connectivity index (χ3n) is 1.96. The predicted molar refractivity (Wildman–Crippen MR) is 65.7 cm³/mol. The minimum Gasteiger partial charge on any atom is -0.481 e. The van der Waals surface area contributed by atoms with Gasteiger partial charge in [-0.3, -0.25) is 0 Å². The van der Waals surface area contributed by atoms with Crippen LogP contribution in [-0.4, -0.2) is 27.4 Å². The number of aromatic nitrogens is 2. The summed E-state index contributed by atoms with van der Waals surface area (Å²) in [5, 5.41) is 9.42. The van der Waals surface area contributed by atoms with Crippen molar-refractivity contribution in [1.29, 1.82) is 0 Å². The molecule has 0 aromatic carbocycles. The number of halogens is 1. The van der Waals surface area contributed by atoms with E-state index in [9.17, 15) is 4.79 Å². The van der Waals surface area contributed by atoms with Gasteiger partial charge in [-0.1, -0.05) is 22.9 Å². The molecular formula is C10H9ClN2O4S. The van der Waals surface area contributed by atoms with Crippen LogP contribution in [0.1, 0.15) is 0 Å². The molecule has 1 N–H and O–H groups in total. The number of carboxylic acid groups (broad SMARTS) is 1. The van der Waals surface area contributed by atoms with E-state index in [4.69, 9.17) is 21.4 Å². The highest BCUT2D eigenvalue weighted by molar-refractivity contribution is 7.16. The molecule has 2 aromatic heterocycles. The topological polar surface area (TPSA) is 73.6 Å². The van der Waals surface area contributed by atoms with Crippen LogP contribution in [-0.2, 0) is 6.54 Å². The number of nitrogens with zero attached hydrogens (tertiary/aromatic N) is 2. The molecule has 0 aliphatic rings. The Balaban J connectivity index is 1.89. The summed E-state index contributed by atoms with van der Waals surface area (Å²) in [6.45, 7) is 1.03. The van der Waals surface area contributed by atoms with Crippen molar-refractivity contribution in [2.45, 2.75) is 6.54 Å². The van der Waals surface area contributed by atoms with Gasteiger partial charge in [0.2, 0.25) is 0 Å². The molecule has 0 radical (unpaired) electrons. The average molecular weight is 289 g/mol. The van der Waals surface area contributed by atoms with Crippen molar-refractivity contribution in [2.75, 3.05) is 6.61 Å². The molecule has 0 aliphatic carbocycles. The molecule has 0 aliphatic heterocycles. The van der Waals surface area contributed by atoms with Crippen LogP contribution in [0, 0.1) is 0 Å². The molecule has 0 saturated heterocycles. The summed E-state index contributed by atoms with van der Waals surface area (Å²) >= 11 is 6.93. The number of carbonyl (C=O) groups is 1. The van der Waals surface area contributed by atoms with Crippen LogP contribution in [0.5, 0.6) is 10.1 Å². The highest BCUT2D eigenvalue weighted by Gasteiger charge is 2.12. The maximum Gasteiger partial charge on any atom is 0.512 e. The lowest BCUT2D eigenvalue weighted by atomic mass is 10.6. The Morgan fingerprint density at radius 1 is 1.61 bits per heavy atom. The monoisotopic (exact) mass is 288 g/mol. The molecule has 0 unspecified atom stereocenters. The molecule has 0 spiro atoms. The summed E-state index contributed by atoms with van der Waals surface area (Å²) in [7, 11) is 0. The number of hydrogen-bond acceptors (Lipinski definition) is 5. The van der Waals surface area contributed by atoms with Crippen LogP contribution in [0.3, 0.4) is 0 Å². The van der Waals surface area contributed by atoms with Crippen LogP contribution < -0.4 is 9.47 Å². The van der Waals surface area contributed by atoms with Gasteiger partial charge < -0.3 is 19.1 Å². The van der Waals surface area contributed by atoms with Gasteiger partial charge in [-0.25, -0.2) is 9.78 Å². The Labute approximate surface area is 111 Å². The first-order valence-electron chi connectivity index (χ1n) is 4.94. The molecular weight excluding hydrogens is 280 g/mol. The SMILES string of the molecule is O=C(O)Oc1cc(Cl)c(OCCn2ccnc2)s1. The van der Waals surface area contributed by atoms with E-state index in [2.05, 4.69) is 9.72 Å². The summed E-state index contributed by atoms with van der Waals surface area (Å²) in [6, 6.07) is 1.41. The van der Waals surface area contributed by atoms with Crippen LogP contribution in [0.25, 0.3) is 0 Å². The molecule has 2 rings (SSSR count). The summed E-state index contributed by atoms with van der Waals surface area (Å²) in [5.74, 6) is 0. The highest BCUT2D eigenvalue weighted by Crippen LogP contribution is 2.39. The average Bonchev–Trinajstić information content (AvgIpc) is 2.89. The van der Waals surface area contributed by atoms with Crippen molar-refractivity contribution in [3.05, 3.63) is 29.8 Å². The standard InChI is InChI=1S/C10H9ClN2O4S/c11-7-5-8(17-10(14)15)18-9(7)16-4-3-13-2-1-12-6-13/h1-2,5-6H,3-4H2,(H,14,15). The molecule has 8 heteroatoms. The van der Waals surface area contributed by atoms with E-state index in [0.29, 0.717) is 23.2 Å². The first-order valence-corrected chi connectivity index (χ1v) is 6.13. The maximum atomic E-state index is 10.3. The summed E-state index contributed by atoms with van der Waals surface area (Å²) in [5.41, 5.74) is 0. The fraction of sp³-hybridized carbons (Fsp3) is 0.200. The number of ether oxygens (including phenoxy) is 2. The zero-order valence-corrected chi connectivity index (χ0v) is 10.6. The van der Waals surface area contributed by atoms with Crippen LogP contribution in [0.15, 0.2) is 24.8 Å². The van der Waals surface area contributed by atoms with Crippen molar-refractivity contribution in [3.63, 3.8) is 0 Å². The number of hydrogen-bond donors (Lipinski definition) is 1. The van der Waals surface area contributed by atoms with Crippen molar-refractivity contribution in [2.24, 2.45) is 0 Å². The smallest absolute Gasteiger partial charge is 0.481 e. The predicted octanol–water partition coefficient (Wildman–Crippen LogP) is 2.73. The van der Waals surface area contributed by atoms with Crippen molar-refractivity contribution < 1.29 is 19.4 Å². The lowest BCUT2D eigenvalue weighted by molar-refractivity contribution is 0.146. The molecule has 0 saturated carbocycles. The van der Waals surface area contributed by atoms with Gasteiger partial charge in [-0.05, 0) is 0 Å². The second-order valence-electron chi connectivity index (χ2n) is 3.22. The summed E-state index contributed by atoms with van der Waals surface area (Å²) in [4.78, 5) is 14.2. The molecule has 96 valence electrons. The first-order chi connectivity index (χ1) is 8.65. The van der Waals surface area contributed by atoms with E-state index in [1.165, 1.54) is 6.07 Å². The van der Waals surface area contributed by atoms with Crippen molar-refractivity contribution in [1.82, 2.24) is 9.55 Å². The van der Waals surface area contributed by atoms with Gasteiger partial charge >= 0.3 is 6.16 Å². The zero-order chi connectivity index (χ0) is 13.0. The van der Waals surface area contributed by atoms with E-state index in [0.717, 1.165) is 11.3 Å². The second-order valence-corrected chi connectivity index (χ2v) is 4.60. The third kappa shape index (κ3) is 3.38. The largest absolute Gasteiger partial charge is 0.512 e. The maximum absolute atomic E-state index is 10.3. The van der Waals surface area contributed by atoms with Gasteiger partial charge in [0.25, 0.3) is 0 Å². The first kappa shape index (κ1) is 12.7. The molecule has 0 atom stereocenters. The van der Waals surface area contributed by atoms with Gasteiger partial charge in [-0.2, -0.15) is 0 Å². The lowest BCUT2D eigenvalue weighted by Crippen LogP contribution is -2.05.